The first-order chi connectivity index (χ1) is 5.64. The van der Waals surface area contributed by atoms with Crippen LogP contribution in [0.5, 0.6) is 0 Å². The van der Waals surface area contributed by atoms with Gasteiger partial charge in [0.05, 0.1) is 0 Å². The summed E-state index contributed by atoms with van der Waals surface area (Å²) in [5, 5.41) is 1.04. The highest BCUT2D eigenvalue weighted by molar-refractivity contribution is 8.34. The van der Waals surface area contributed by atoms with Gasteiger partial charge < -0.3 is 0 Å². The molecule has 1 heteroatoms. The van der Waals surface area contributed by atoms with E-state index in [1.165, 1.54) is 24.3 Å². The summed E-state index contributed by atoms with van der Waals surface area (Å²) in [6.45, 7) is 8.59. The lowest BCUT2D eigenvalue weighted by Crippen LogP contribution is -2.42. The van der Waals surface area contributed by atoms with Crippen molar-refractivity contribution in [3.8, 4) is 0 Å². The average molecular weight is 186 g/mol. The standard InChI is InChI=1S/C11H22S/c1-5-7-11-10(3)9-12(11,4)8-6-2/h6,10-11H,2,5,7-9H2,1,3-4H3. The maximum Gasteiger partial charge on any atom is -0.00488 e. The predicted octanol–water partition coefficient (Wildman–Crippen LogP) is 3.43. The van der Waals surface area contributed by atoms with Crippen LogP contribution in [0.1, 0.15) is 26.7 Å². The summed E-state index contributed by atoms with van der Waals surface area (Å²) < 4.78 is 0. The van der Waals surface area contributed by atoms with Gasteiger partial charge in [-0.2, -0.15) is 0 Å². The zero-order valence-electron chi connectivity index (χ0n) is 8.68. The topological polar surface area (TPSA) is 0 Å². The fourth-order valence-electron chi connectivity index (χ4n) is 2.58. The van der Waals surface area contributed by atoms with Gasteiger partial charge in [0.25, 0.3) is 0 Å². The Kier molecular flexibility index (Phi) is 3.28. The molecule has 3 unspecified atom stereocenters. The molecule has 72 valence electrons. The van der Waals surface area contributed by atoms with Crippen LogP contribution in [-0.2, 0) is 0 Å². The molecule has 1 aliphatic heterocycles. The van der Waals surface area contributed by atoms with Crippen molar-refractivity contribution in [1.82, 2.24) is 0 Å². The number of rotatable bonds is 4. The van der Waals surface area contributed by atoms with Crippen LogP contribution in [0.2, 0.25) is 0 Å². The molecular formula is C11H22S. The Morgan fingerprint density at radius 3 is 2.67 bits per heavy atom. The van der Waals surface area contributed by atoms with E-state index in [0.717, 1.165) is 11.2 Å². The van der Waals surface area contributed by atoms with E-state index >= 15 is 0 Å². The van der Waals surface area contributed by atoms with Crippen molar-refractivity contribution in [2.45, 2.75) is 31.9 Å². The largest absolute Gasteiger partial charge is 0.237 e. The Balaban J connectivity index is 2.50. The van der Waals surface area contributed by atoms with Gasteiger partial charge in [-0.1, -0.05) is 26.3 Å². The molecule has 1 aliphatic rings. The summed E-state index contributed by atoms with van der Waals surface area (Å²) in [5.74, 6) is 3.77. The van der Waals surface area contributed by atoms with Crippen molar-refractivity contribution >= 4 is 10.0 Å². The third-order valence-corrected chi connectivity index (χ3v) is 7.53. The fraction of sp³-hybridized carbons (Fsp3) is 0.818. The van der Waals surface area contributed by atoms with Crippen LogP contribution in [0, 0.1) is 5.92 Å². The average Bonchev–Trinajstić information content (AvgIpc) is 2.01. The molecule has 0 nitrogen and oxygen atoms in total. The molecule has 0 aliphatic carbocycles. The second kappa shape index (κ2) is 3.87. The van der Waals surface area contributed by atoms with Gasteiger partial charge in [-0.3, -0.25) is 0 Å². The molecule has 0 spiro atoms. The summed E-state index contributed by atoms with van der Waals surface area (Å²) in [7, 11) is -0.259. The fourth-order valence-corrected chi connectivity index (χ4v) is 6.85. The third kappa shape index (κ3) is 1.71. The van der Waals surface area contributed by atoms with Gasteiger partial charge in [0, 0.05) is 0 Å². The first-order valence-corrected chi connectivity index (χ1v) is 7.41. The summed E-state index contributed by atoms with van der Waals surface area (Å²) in [5.41, 5.74) is 0. The molecule has 0 N–H and O–H groups in total. The molecule has 0 aromatic heterocycles. The second-order valence-electron chi connectivity index (χ2n) is 4.28. The highest BCUT2D eigenvalue weighted by Crippen LogP contribution is 2.63. The first kappa shape index (κ1) is 10.2. The molecule has 12 heavy (non-hydrogen) atoms. The summed E-state index contributed by atoms with van der Waals surface area (Å²) >= 11 is 0. The first-order valence-electron chi connectivity index (χ1n) is 4.97. The monoisotopic (exact) mass is 186 g/mol. The quantitative estimate of drug-likeness (QED) is 0.590. The van der Waals surface area contributed by atoms with Gasteiger partial charge in [-0.25, -0.2) is 10.0 Å². The van der Waals surface area contributed by atoms with E-state index in [9.17, 15) is 0 Å². The Labute approximate surface area is 78.8 Å². The van der Waals surface area contributed by atoms with E-state index in [1.807, 2.05) is 0 Å². The molecule has 0 aromatic carbocycles. The lowest BCUT2D eigenvalue weighted by molar-refractivity contribution is 0.523. The van der Waals surface area contributed by atoms with Gasteiger partial charge in [0.15, 0.2) is 0 Å². The van der Waals surface area contributed by atoms with Crippen LogP contribution in [-0.4, -0.2) is 23.0 Å². The minimum atomic E-state index is -0.259. The van der Waals surface area contributed by atoms with Crippen LogP contribution in [0.15, 0.2) is 12.7 Å². The van der Waals surface area contributed by atoms with Gasteiger partial charge in [-0.05, 0) is 35.4 Å². The molecule has 0 aromatic rings. The van der Waals surface area contributed by atoms with Crippen LogP contribution in [0.4, 0.5) is 0 Å². The normalized spacial score (nSPS) is 45.9. The molecule has 3 atom stereocenters. The lowest BCUT2D eigenvalue weighted by atomic mass is 10.0. The molecule has 0 radical (unpaired) electrons. The zero-order valence-corrected chi connectivity index (χ0v) is 9.49. The van der Waals surface area contributed by atoms with Crippen LogP contribution in [0.3, 0.4) is 0 Å². The van der Waals surface area contributed by atoms with E-state index in [2.05, 4.69) is 32.8 Å². The predicted molar refractivity (Wildman–Crippen MR) is 61.3 cm³/mol. The van der Waals surface area contributed by atoms with Crippen LogP contribution in [0.25, 0.3) is 0 Å². The van der Waals surface area contributed by atoms with Crippen molar-refractivity contribution in [2.75, 3.05) is 17.8 Å². The van der Waals surface area contributed by atoms with E-state index in [0.29, 0.717) is 0 Å². The van der Waals surface area contributed by atoms with Crippen molar-refractivity contribution in [3.63, 3.8) is 0 Å². The van der Waals surface area contributed by atoms with Gasteiger partial charge in [0.1, 0.15) is 0 Å². The summed E-state index contributed by atoms with van der Waals surface area (Å²) in [6.07, 6.45) is 7.44. The summed E-state index contributed by atoms with van der Waals surface area (Å²) in [6, 6.07) is 0. The zero-order chi connectivity index (χ0) is 9.19. The molecule has 1 saturated heterocycles. The van der Waals surface area contributed by atoms with E-state index < -0.39 is 0 Å². The van der Waals surface area contributed by atoms with Gasteiger partial charge in [0.2, 0.25) is 0 Å². The highest BCUT2D eigenvalue weighted by Gasteiger charge is 2.42. The molecule has 0 bridgehead atoms. The maximum absolute atomic E-state index is 3.87. The van der Waals surface area contributed by atoms with Crippen molar-refractivity contribution in [2.24, 2.45) is 5.92 Å². The highest BCUT2D eigenvalue weighted by atomic mass is 32.3. The minimum absolute atomic E-state index is 0.259. The molecule has 0 saturated carbocycles. The van der Waals surface area contributed by atoms with E-state index in [4.69, 9.17) is 0 Å². The molecule has 1 heterocycles. The lowest BCUT2D eigenvalue weighted by Gasteiger charge is -2.57. The Morgan fingerprint density at radius 1 is 1.58 bits per heavy atom. The number of hydrogen-bond acceptors (Lipinski definition) is 0. The second-order valence-corrected chi connectivity index (χ2v) is 8.25. The van der Waals surface area contributed by atoms with Gasteiger partial charge >= 0.3 is 0 Å². The Hall–Kier alpha value is 0.0900. The smallest absolute Gasteiger partial charge is 0.00488 e. The van der Waals surface area contributed by atoms with Gasteiger partial charge in [-0.15, -0.1) is 6.58 Å². The minimum Gasteiger partial charge on any atom is -0.237 e. The van der Waals surface area contributed by atoms with Crippen LogP contribution < -0.4 is 0 Å². The van der Waals surface area contributed by atoms with E-state index in [-0.39, 0.29) is 10.0 Å². The third-order valence-electron chi connectivity index (χ3n) is 3.08. The SMILES string of the molecule is C=CCS1(C)CC(C)C1CCC. The molecule has 1 rings (SSSR count). The summed E-state index contributed by atoms with van der Waals surface area (Å²) in [4.78, 5) is 0. The Bertz CT molecular complexity index is 164. The molecule has 0 amide bonds. The van der Waals surface area contributed by atoms with Crippen molar-refractivity contribution in [3.05, 3.63) is 12.7 Å². The van der Waals surface area contributed by atoms with Crippen LogP contribution >= 0.6 is 10.0 Å². The van der Waals surface area contributed by atoms with E-state index in [1.54, 1.807) is 0 Å². The van der Waals surface area contributed by atoms with Crippen molar-refractivity contribution in [1.29, 1.82) is 0 Å². The maximum atomic E-state index is 3.87. The van der Waals surface area contributed by atoms with Crippen molar-refractivity contribution < 1.29 is 0 Å². The molecular weight excluding hydrogens is 164 g/mol. The molecule has 1 fully saturated rings. The Morgan fingerprint density at radius 2 is 2.25 bits per heavy atom. The number of hydrogen-bond donors (Lipinski definition) is 0.